The van der Waals surface area contributed by atoms with Gasteiger partial charge in [-0.25, -0.2) is 5.43 Å². The molecule has 2 N–H and O–H groups in total. The van der Waals surface area contributed by atoms with Crippen LogP contribution in [0, 0.1) is 6.92 Å². The van der Waals surface area contributed by atoms with Crippen LogP contribution in [0.2, 0.25) is 0 Å². The first-order valence-corrected chi connectivity index (χ1v) is 8.03. The minimum atomic E-state index is -0.417. The number of aryl methyl sites for hydroxylation is 1. The number of amides is 2. The lowest BCUT2D eigenvalue weighted by molar-refractivity contribution is -0.120. The molecule has 6 nitrogen and oxygen atoms in total. The van der Waals surface area contributed by atoms with Crippen molar-refractivity contribution in [3.8, 4) is 0 Å². The summed E-state index contributed by atoms with van der Waals surface area (Å²) >= 11 is 0. The molecule has 1 aromatic carbocycles. The lowest BCUT2D eigenvalue weighted by Gasteiger charge is -2.19. The van der Waals surface area contributed by atoms with Gasteiger partial charge in [0.05, 0.1) is 12.8 Å². The number of furan rings is 1. The van der Waals surface area contributed by atoms with Gasteiger partial charge in [0.1, 0.15) is 11.5 Å². The Kier molecular flexibility index (Phi) is 5.75. The molecular weight excluding hydrogens is 318 g/mol. The topological polar surface area (TPSA) is 83.7 Å². The highest BCUT2D eigenvalue weighted by atomic mass is 16.3. The Hall–Kier alpha value is -2.89. The molecule has 1 heterocycles. The molecule has 0 unspecified atom stereocenters. The van der Waals surface area contributed by atoms with Gasteiger partial charge in [-0.2, -0.15) is 5.10 Å². The number of carbonyl (C=O) groups excluding carboxylic acids is 2. The number of benzene rings is 1. The van der Waals surface area contributed by atoms with Gasteiger partial charge in [0.15, 0.2) is 0 Å². The van der Waals surface area contributed by atoms with Gasteiger partial charge in [0.2, 0.25) is 0 Å². The van der Waals surface area contributed by atoms with E-state index in [0.29, 0.717) is 11.3 Å². The van der Waals surface area contributed by atoms with Crippen LogP contribution in [0.1, 0.15) is 48.2 Å². The van der Waals surface area contributed by atoms with Gasteiger partial charge in [-0.05, 0) is 42.2 Å². The van der Waals surface area contributed by atoms with Gasteiger partial charge < -0.3 is 9.73 Å². The minimum Gasteiger partial charge on any atom is -0.460 e. The van der Waals surface area contributed by atoms with Crippen LogP contribution in [0.3, 0.4) is 0 Å². The predicted molar refractivity (Wildman–Crippen MR) is 96.7 cm³/mol. The van der Waals surface area contributed by atoms with Crippen LogP contribution in [0.4, 0.5) is 0 Å². The summed E-state index contributed by atoms with van der Waals surface area (Å²) in [4.78, 5) is 23.8. The maximum Gasteiger partial charge on any atom is 0.259 e. The number of nitrogens with one attached hydrogen (secondary N) is 2. The molecule has 0 spiro atoms. The van der Waals surface area contributed by atoms with Crippen molar-refractivity contribution in [2.75, 3.05) is 6.54 Å². The maximum absolute atomic E-state index is 12.1. The van der Waals surface area contributed by atoms with Crippen molar-refractivity contribution in [2.24, 2.45) is 5.10 Å². The molecule has 0 aliphatic rings. The lowest BCUT2D eigenvalue weighted by atomic mass is 9.87. The molecule has 2 rings (SSSR count). The first kappa shape index (κ1) is 18.4. The Morgan fingerprint density at radius 1 is 1.12 bits per heavy atom. The van der Waals surface area contributed by atoms with Crippen LogP contribution < -0.4 is 10.7 Å². The molecule has 0 bridgehead atoms. The van der Waals surface area contributed by atoms with E-state index in [1.807, 2.05) is 19.1 Å². The molecule has 0 fully saturated rings. The van der Waals surface area contributed by atoms with Gasteiger partial charge in [0, 0.05) is 5.56 Å². The summed E-state index contributed by atoms with van der Waals surface area (Å²) in [6.45, 7) is 7.98. The van der Waals surface area contributed by atoms with Crippen LogP contribution in [0.25, 0.3) is 0 Å². The van der Waals surface area contributed by atoms with E-state index in [1.165, 1.54) is 6.21 Å². The van der Waals surface area contributed by atoms with E-state index in [1.54, 1.807) is 24.3 Å². The fraction of sp³-hybridized carbons (Fsp3) is 0.316. The summed E-state index contributed by atoms with van der Waals surface area (Å²) in [5.41, 5.74) is 4.01. The molecule has 0 atom stereocenters. The zero-order valence-electron chi connectivity index (χ0n) is 14.9. The van der Waals surface area contributed by atoms with E-state index in [2.05, 4.69) is 36.6 Å². The maximum atomic E-state index is 12.1. The Labute approximate surface area is 147 Å². The number of hydrogen-bond acceptors (Lipinski definition) is 4. The zero-order chi connectivity index (χ0) is 18.4. The number of rotatable bonds is 5. The largest absolute Gasteiger partial charge is 0.460 e. The van der Waals surface area contributed by atoms with Crippen LogP contribution in [0.5, 0.6) is 0 Å². The first-order chi connectivity index (χ1) is 11.8. The Bertz CT molecular complexity index is 768. The average molecular weight is 341 g/mol. The number of carbonyl (C=O) groups is 2. The normalized spacial score (nSPS) is 11.5. The third kappa shape index (κ3) is 5.60. The van der Waals surface area contributed by atoms with Crippen molar-refractivity contribution in [1.82, 2.24) is 10.7 Å². The fourth-order valence-corrected chi connectivity index (χ4v) is 2.11. The number of hydrogen-bond donors (Lipinski definition) is 2. The minimum absolute atomic E-state index is 0.0272. The highest BCUT2D eigenvalue weighted by molar-refractivity contribution is 5.96. The first-order valence-electron chi connectivity index (χ1n) is 8.03. The monoisotopic (exact) mass is 341 g/mol. The van der Waals surface area contributed by atoms with Crippen LogP contribution in [0.15, 0.2) is 45.9 Å². The molecular formula is C19H23N3O3. The Morgan fingerprint density at radius 3 is 2.36 bits per heavy atom. The van der Waals surface area contributed by atoms with Crippen LogP contribution in [-0.2, 0) is 10.2 Å². The zero-order valence-corrected chi connectivity index (χ0v) is 14.9. The van der Waals surface area contributed by atoms with Crippen molar-refractivity contribution in [3.05, 3.63) is 59.0 Å². The second-order valence-corrected chi connectivity index (χ2v) is 6.75. The second-order valence-electron chi connectivity index (χ2n) is 6.75. The second kappa shape index (κ2) is 7.79. The van der Waals surface area contributed by atoms with Crippen molar-refractivity contribution in [3.63, 3.8) is 0 Å². The van der Waals surface area contributed by atoms with Gasteiger partial charge in [-0.1, -0.05) is 32.9 Å². The molecule has 25 heavy (non-hydrogen) atoms. The number of hydrazone groups is 1. The van der Waals surface area contributed by atoms with Gasteiger partial charge in [0.25, 0.3) is 11.8 Å². The molecule has 0 aliphatic heterocycles. The van der Waals surface area contributed by atoms with Crippen LogP contribution >= 0.6 is 0 Å². The molecule has 2 amide bonds. The third-order valence-electron chi connectivity index (χ3n) is 3.56. The quantitative estimate of drug-likeness (QED) is 0.648. The van der Waals surface area contributed by atoms with Crippen LogP contribution in [-0.4, -0.2) is 24.6 Å². The molecule has 132 valence electrons. The Balaban J connectivity index is 1.81. The van der Waals surface area contributed by atoms with E-state index in [0.717, 1.165) is 11.3 Å². The summed E-state index contributed by atoms with van der Waals surface area (Å²) in [6, 6.07) is 10.9. The van der Waals surface area contributed by atoms with Gasteiger partial charge in [-0.3, -0.25) is 9.59 Å². The summed E-state index contributed by atoms with van der Waals surface area (Å²) in [5, 5.41) is 6.34. The standard InChI is InChI=1S/C19H23N3O3/c1-13-5-10-16(25-13)11-21-22-17(23)12-20-18(24)14-6-8-15(9-7-14)19(2,3)4/h5-11H,12H2,1-4H3,(H,20,24)(H,22,23)/b21-11+. The smallest absolute Gasteiger partial charge is 0.259 e. The fourth-order valence-electron chi connectivity index (χ4n) is 2.11. The van der Waals surface area contributed by atoms with E-state index in [9.17, 15) is 9.59 Å². The SMILES string of the molecule is Cc1ccc(/C=N/NC(=O)CNC(=O)c2ccc(C(C)(C)C)cc2)o1. The molecule has 6 heteroatoms. The van der Waals surface area contributed by atoms with Crippen molar-refractivity contribution in [2.45, 2.75) is 33.1 Å². The molecule has 0 saturated heterocycles. The Morgan fingerprint density at radius 2 is 1.80 bits per heavy atom. The van der Waals surface area contributed by atoms with Gasteiger partial charge >= 0.3 is 0 Å². The lowest BCUT2D eigenvalue weighted by Crippen LogP contribution is -2.34. The van der Waals surface area contributed by atoms with Crippen molar-refractivity contribution >= 4 is 18.0 Å². The molecule has 0 aliphatic carbocycles. The number of nitrogens with zero attached hydrogens (tertiary/aromatic N) is 1. The summed E-state index contributed by atoms with van der Waals surface area (Å²) < 4.78 is 5.28. The van der Waals surface area contributed by atoms with E-state index in [-0.39, 0.29) is 17.9 Å². The average Bonchev–Trinajstić information content (AvgIpc) is 2.97. The van der Waals surface area contributed by atoms with E-state index >= 15 is 0 Å². The van der Waals surface area contributed by atoms with E-state index in [4.69, 9.17) is 4.42 Å². The summed E-state index contributed by atoms with van der Waals surface area (Å²) in [6.07, 6.45) is 1.40. The highest BCUT2D eigenvalue weighted by Crippen LogP contribution is 2.22. The third-order valence-corrected chi connectivity index (χ3v) is 3.56. The van der Waals surface area contributed by atoms with Crippen molar-refractivity contribution in [1.29, 1.82) is 0 Å². The highest BCUT2D eigenvalue weighted by Gasteiger charge is 2.14. The molecule has 1 aromatic heterocycles. The molecule has 0 radical (unpaired) electrons. The molecule has 0 saturated carbocycles. The molecule has 2 aromatic rings. The predicted octanol–water partition coefficient (Wildman–Crippen LogP) is 2.77. The van der Waals surface area contributed by atoms with E-state index < -0.39 is 5.91 Å². The summed E-state index contributed by atoms with van der Waals surface area (Å²) in [7, 11) is 0. The van der Waals surface area contributed by atoms with Gasteiger partial charge in [-0.15, -0.1) is 0 Å². The van der Waals surface area contributed by atoms with Crippen molar-refractivity contribution < 1.29 is 14.0 Å². The summed E-state index contributed by atoms with van der Waals surface area (Å²) in [5.74, 6) is 0.582.